The molecule has 1 heterocycles. The van der Waals surface area contributed by atoms with Gasteiger partial charge in [0.2, 0.25) is 0 Å². The zero-order valence-corrected chi connectivity index (χ0v) is 18.4. The van der Waals surface area contributed by atoms with Crippen molar-refractivity contribution >= 4 is 38.7 Å². The molecule has 5 heteroatoms. The van der Waals surface area contributed by atoms with Gasteiger partial charge in [-0.05, 0) is 43.0 Å². The molecule has 0 saturated carbocycles. The fourth-order valence-corrected chi connectivity index (χ4v) is 3.67. The van der Waals surface area contributed by atoms with Gasteiger partial charge in [-0.3, -0.25) is 4.79 Å². The molecule has 0 unspecified atom stereocenters. The highest BCUT2D eigenvalue weighted by atomic mass is 79.9. The Labute approximate surface area is 179 Å². The predicted octanol–water partition coefficient (Wildman–Crippen LogP) is 6.12. The number of ketones is 1. The number of rotatable bonds is 9. The monoisotopic (exact) mass is 456 g/mol. The van der Waals surface area contributed by atoms with Gasteiger partial charge in [0.05, 0.1) is 18.2 Å². The number of carbonyl (C=O) groups is 2. The lowest BCUT2D eigenvalue weighted by Gasteiger charge is -2.05. The molecule has 152 valence electrons. The SMILES string of the molecule is CCCCc1oc2cc(C(=O)OC)ccc2c1C(=O)c1ccc(CCCBr)cc1. The topological polar surface area (TPSA) is 56.5 Å². The third-order valence-corrected chi connectivity index (χ3v) is 5.54. The van der Waals surface area contributed by atoms with E-state index in [1.807, 2.05) is 24.3 Å². The molecule has 0 N–H and O–H groups in total. The van der Waals surface area contributed by atoms with Gasteiger partial charge < -0.3 is 9.15 Å². The fraction of sp³-hybridized carbons (Fsp3) is 0.333. The quantitative estimate of drug-likeness (QED) is 0.221. The van der Waals surface area contributed by atoms with E-state index in [0.29, 0.717) is 34.5 Å². The zero-order valence-electron chi connectivity index (χ0n) is 16.8. The van der Waals surface area contributed by atoms with Crippen molar-refractivity contribution in [2.24, 2.45) is 0 Å². The second-order valence-electron chi connectivity index (χ2n) is 7.02. The Hall–Kier alpha value is -2.40. The maximum Gasteiger partial charge on any atom is 0.337 e. The number of methoxy groups -OCH3 is 1. The summed E-state index contributed by atoms with van der Waals surface area (Å²) in [4.78, 5) is 25.2. The van der Waals surface area contributed by atoms with E-state index >= 15 is 0 Å². The van der Waals surface area contributed by atoms with E-state index < -0.39 is 5.97 Å². The number of halogens is 1. The van der Waals surface area contributed by atoms with E-state index in [9.17, 15) is 9.59 Å². The van der Waals surface area contributed by atoms with Crippen molar-refractivity contribution in [3.05, 3.63) is 70.5 Å². The highest BCUT2D eigenvalue weighted by Gasteiger charge is 2.22. The maximum absolute atomic E-state index is 13.3. The van der Waals surface area contributed by atoms with Crippen LogP contribution in [0.2, 0.25) is 0 Å². The first-order chi connectivity index (χ1) is 14.1. The van der Waals surface area contributed by atoms with Gasteiger partial charge in [-0.2, -0.15) is 0 Å². The van der Waals surface area contributed by atoms with Gasteiger partial charge in [-0.15, -0.1) is 0 Å². The van der Waals surface area contributed by atoms with Crippen molar-refractivity contribution in [1.29, 1.82) is 0 Å². The predicted molar refractivity (Wildman–Crippen MR) is 118 cm³/mol. The molecule has 0 fully saturated rings. The van der Waals surface area contributed by atoms with Crippen LogP contribution in [0.4, 0.5) is 0 Å². The highest BCUT2D eigenvalue weighted by Crippen LogP contribution is 2.30. The molecule has 3 aromatic rings. The summed E-state index contributed by atoms with van der Waals surface area (Å²) in [6.45, 7) is 2.10. The highest BCUT2D eigenvalue weighted by molar-refractivity contribution is 9.09. The molecule has 0 saturated heterocycles. The van der Waals surface area contributed by atoms with Crippen molar-refractivity contribution in [2.75, 3.05) is 12.4 Å². The first kappa shape index (κ1) is 21.3. The third-order valence-electron chi connectivity index (χ3n) is 4.98. The van der Waals surface area contributed by atoms with Crippen LogP contribution >= 0.6 is 15.9 Å². The Bertz CT molecular complexity index is 1000. The molecule has 2 aromatic carbocycles. The first-order valence-corrected chi connectivity index (χ1v) is 11.0. The number of hydrogen-bond donors (Lipinski definition) is 0. The normalized spacial score (nSPS) is 11.0. The minimum atomic E-state index is -0.426. The number of esters is 1. The molecule has 0 aliphatic rings. The summed E-state index contributed by atoms with van der Waals surface area (Å²) in [5, 5.41) is 1.69. The van der Waals surface area contributed by atoms with E-state index in [1.165, 1.54) is 12.7 Å². The summed E-state index contributed by atoms with van der Waals surface area (Å²) in [6.07, 6.45) is 4.65. The molecule has 0 spiro atoms. The average molecular weight is 457 g/mol. The van der Waals surface area contributed by atoms with E-state index in [2.05, 4.69) is 22.9 Å². The maximum atomic E-state index is 13.3. The standard InChI is InChI=1S/C24H25BrO4/c1-3-4-7-20-22(19-13-12-18(24(27)28-2)15-21(19)29-20)23(26)17-10-8-16(9-11-17)6-5-14-25/h8-13,15H,3-7,14H2,1-2H3. The van der Waals surface area contributed by atoms with Gasteiger partial charge in [0.25, 0.3) is 0 Å². The molecule has 3 rings (SSSR count). The van der Waals surface area contributed by atoms with Crippen molar-refractivity contribution in [1.82, 2.24) is 0 Å². The number of aryl methyl sites for hydroxylation is 2. The van der Waals surface area contributed by atoms with Crippen molar-refractivity contribution in [3.8, 4) is 0 Å². The van der Waals surface area contributed by atoms with Gasteiger partial charge in [-0.25, -0.2) is 4.79 Å². The Balaban J connectivity index is 2.01. The molecule has 1 aromatic heterocycles. The van der Waals surface area contributed by atoms with E-state index in [-0.39, 0.29) is 5.78 Å². The van der Waals surface area contributed by atoms with Crippen LogP contribution in [-0.4, -0.2) is 24.2 Å². The molecule has 0 aliphatic carbocycles. The Kier molecular flexibility index (Phi) is 7.26. The summed E-state index contributed by atoms with van der Waals surface area (Å²) in [6, 6.07) is 12.9. The van der Waals surface area contributed by atoms with Crippen LogP contribution < -0.4 is 0 Å². The van der Waals surface area contributed by atoms with Gasteiger partial charge in [0.15, 0.2) is 5.78 Å². The molecular formula is C24H25BrO4. The second kappa shape index (κ2) is 9.88. The number of unbranched alkanes of at least 4 members (excludes halogenated alkanes) is 1. The lowest BCUT2D eigenvalue weighted by molar-refractivity contribution is 0.0600. The number of benzene rings is 2. The Morgan fingerprint density at radius 1 is 1.00 bits per heavy atom. The summed E-state index contributed by atoms with van der Waals surface area (Å²) < 4.78 is 10.8. The van der Waals surface area contributed by atoms with Gasteiger partial charge in [0.1, 0.15) is 11.3 Å². The molecule has 4 nitrogen and oxygen atoms in total. The lowest BCUT2D eigenvalue weighted by Crippen LogP contribution is -2.04. The summed E-state index contributed by atoms with van der Waals surface area (Å²) in [5.74, 6) is 0.204. The number of hydrogen-bond acceptors (Lipinski definition) is 4. The van der Waals surface area contributed by atoms with Crippen LogP contribution in [-0.2, 0) is 17.6 Å². The Morgan fingerprint density at radius 2 is 1.72 bits per heavy atom. The van der Waals surface area contributed by atoms with Crippen molar-refractivity contribution < 1.29 is 18.7 Å². The summed E-state index contributed by atoms with van der Waals surface area (Å²) >= 11 is 3.45. The minimum Gasteiger partial charge on any atom is -0.465 e. The van der Waals surface area contributed by atoms with Crippen LogP contribution in [0.1, 0.15) is 63.8 Å². The van der Waals surface area contributed by atoms with Crippen LogP contribution in [0, 0.1) is 0 Å². The molecule has 0 amide bonds. The summed E-state index contributed by atoms with van der Waals surface area (Å²) in [7, 11) is 1.35. The summed E-state index contributed by atoms with van der Waals surface area (Å²) in [5.41, 5.74) is 3.40. The first-order valence-electron chi connectivity index (χ1n) is 9.92. The average Bonchev–Trinajstić information content (AvgIpc) is 3.12. The van der Waals surface area contributed by atoms with Crippen LogP contribution in [0.5, 0.6) is 0 Å². The molecule has 0 atom stereocenters. The van der Waals surface area contributed by atoms with Crippen molar-refractivity contribution in [3.63, 3.8) is 0 Å². The third kappa shape index (κ3) is 4.78. The van der Waals surface area contributed by atoms with Crippen molar-refractivity contribution in [2.45, 2.75) is 39.0 Å². The molecule has 0 bridgehead atoms. The van der Waals surface area contributed by atoms with Crippen LogP contribution in [0.15, 0.2) is 46.9 Å². The van der Waals surface area contributed by atoms with E-state index in [0.717, 1.165) is 36.4 Å². The lowest BCUT2D eigenvalue weighted by atomic mass is 9.96. The molecule has 0 radical (unpaired) electrons. The zero-order chi connectivity index (χ0) is 20.8. The van der Waals surface area contributed by atoms with Gasteiger partial charge in [-0.1, -0.05) is 53.5 Å². The van der Waals surface area contributed by atoms with Gasteiger partial charge >= 0.3 is 5.97 Å². The number of carbonyl (C=O) groups excluding carboxylic acids is 2. The largest absolute Gasteiger partial charge is 0.465 e. The molecule has 0 aliphatic heterocycles. The number of fused-ring (bicyclic) bond motifs is 1. The fourth-order valence-electron chi connectivity index (χ4n) is 3.39. The smallest absolute Gasteiger partial charge is 0.337 e. The second-order valence-corrected chi connectivity index (χ2v) is 7.82. The van der Waals surface area contributed by atoms with E-state index in [4.69, 9.17) is 9.15 Å². The molecule has 29 heavy (non-hydrogen) atoms. The van der Waals surface area contributed by atoms with Crippen LogP contribution in [0.25, 0.3) is 11.0 Å². The number of furan rings is 1. The van der Waals surface area contributed by atoms with Gasteiger partial charge in [0, 0.05) is 22.7 Å². The van der Waals surface area contributed by atoms with E-state index in [1.54, 1.807) is 18.2 Å². The number of ether oxygens (including phenoxy) is 1. The minimum absolute atomic E-state index is 0.0484. The Morgan fingerprint density at radius 3 is 2.38 bits per heavy atom. The van der Waals surface area contributed by atoms with Crippen LogP contribution in [0.3, 0.4) is 0 Å². The molecular weight excluding hydrogens is 432 g/mol. The number of alkyl halides is 1.